The van der Waals surface area contributed by atoms with Crippen LogP contribution in [0, 0.1) is 17.1 Å². The standard InChI is InChI=1S/C24H25FN4O3/c1-29-14-16-12-17(25)3-5-19(16)20-4-2-15(11-21(20)22(29)30)10-18(13-26)28-23(31)24(27)6-8-32-9-7-24/h2-5,11-12,18H,6-10,14,27H2,1H3,(H,28,31)/t18-/m1/s1. The summed E-state index contributed by atoms with van der Waals surface area (Å²) in [4.78, 5) is 27.2. The van der Waals surface area contributed by atoms with Crippen molar-refractivity contribution in [3.05, 3.63) is 58.9 Å². The Bertz CT molecular complexity index is 1100. The molecule has 0 radical (unpaired) electrons. The molecule has 8 heteroatoms. The predicted octanol–water partition coefficient (Wildman–Crippen LogP) is 2.14. The lowest BCUT2D eigenvalue weighted by Gasteiger charge is -2.32. The zero-order valence-corrected chi connectivity index (χ0v) is 17.9. The van der Waals surface area contributed by atoms with E-state index in [1.54, 1.807) is 24.1 Å². The number of nitriles is 1. The molecule has 2 aliphatic heterocycles. The van der Waals surface area contributed by atoms with E-state index in [0.29, 0.717) is 38.2 Å². The van der Waals surface area contributed by atoms with Gasteiger partial charge in [0.05, 0.1) is 11.6 Å². The van der Waals surface area contributed by atoms with Gasteiger partial charge in [0, 0.05) is 38.8 Å². The van der Waals surface area contributed by atoms with E-state index in [2.05, 4.69) is 11.4 Å². The van der Waals surface area contributed by atoms with E-state index < -0.39 is 11.6 Å². The van der Waals surface area contributed by atoms with Crippen LogP contribution in [-0.2, 0) is 22.5 Å². The fourth-order valence-electron chi connectivity index (χ4n) is 4.25. The van der Waals surface area contributed by atoms with Crippen LogP contribution in [0.15, 0.2) is 36.4 Å². The van der Waals surface area contributed by atoms with Crippen molar-refractivity contribution in [3.63, 3.8) is 0 Å². The number of hydrogen-bond acceptors (Lipinski definition) is 5. The van der Waals surface area contributed by atoms with Crippen LogP contribution in [0.3, 0.4) is 0 Å². The van der Waals surface area contributed by atoms with Crippen molar-refractivity contribution in [2.24, 2.45) is 5.73 Å². The van der Waals surface area contributed by atoms with E-state index in [1.807, 2.05) is 12.1 Å². The second-order valence-electron chi connectivity index (χ2n) is 8.47. The fraction of sp³-hybridized carbons (Fsp3) is 0.375. The number of carbonyl (C=O) groups is 2. The molecular weight excluding hydrogens is 411 g/mol. The van der Waals surface area contributed by atoms with E-state index in [4.69, 9.17) is 10.5 Å². The molecule has 2 aliphatic rings. The van der Waals surface area contributed by atoms with Gasteiger partial charge in [-0.1, -0.05) is 18.2 Å². The number of halogens is 1. The highest BCUT2D eigenvalue weighted by molar-refractivity contribution is 6.02. The van der Waals surface area contributed by atoms with Crippen molar-refractivity contribution < 1.29 is 18.7 Å². The Kier molecular flexibility index (Phi) is 5.96. The van der Waals surface area contributed by atoms with Crippen LogP contribution < -0.4 is 11.1 Å². The number of nitrogens with one attached hydrogen (secondary N) is 1. The molecule has 32 heavy (non-hydrogen) atoms. The maximum atomic E-state index is 13.8. The lowest BCUT2D eigenvalue weighted by atomic mass is 9.89. The molecule has 0 bridgehead atoms. The molecule has 3 N–H and O–H groups in total. The summed E-state index contributed by atoms with van der Waals surface area (Å²) in [7, 11) is 1.67. The average Bonchev–Trinajstić information content (AvgIpc) is 2.88. The first-order valence-electron chi connectivity index (χ1n) is 10.5. The van der Waals surface area contributed by atoms with Gasteiger partial charge in [-0.2, -0.15) is 5.26 Å². The number of nitrogens with two attached hydrogens (primary N) is 1. The molecule has 2 heterocycles. The maximum absolute atomic E-state index is 13.8. The summed E-state index contributed by atoms with van der Waals surface area (Å²) in [5.74, 6) is -0.896. The van der Waals surface area contributed by atoms with Crippen molar-refractivity contribution in [3.8, 4) is 17.2 Å². The van der Waals surface area contributed by atoms with Gasteiger partial charge in [-0.05, 0) is 53.3 Å². The van der Waals surface area contributed by atoms with Gasteiger partial charge in [-0.3, -0.25) is 9.59 Å². The van der Waals surface area contributed by atoms with Crippen LogP contribution in [0.25, 0.3) is 11.1 Å². The Morgan fingerprint density at radius 3 is 2.69 bits per heavy atom. The molecule has 0 aromatic heterocycles. The second kappa shape index (κ2) is 8.69. The molecule has 0 aliphatic carbocycles. The lowest BCUT2D eigenvalue weighted by Crippen LogP contribution is -2.58. The smallest absolute Gasteiger partial charge is 0.254 e. The van der Waals surface area contributed by atoms with Crippen molar-refractivity contribution in [1.29, 1.82) is 5.26 Å². The van der Waals surface area contributed by atoms with Crippen LogP contribution in [0.1, 0.15) is 34.3 Å². The Hall–Kier alpha value is -3.28. The quantitative estimate of drug-likeness (QED) is 0.763. The van der Waals surface area contributed by atoms with E-state index >= 15 is 0 Å². The predicted molar refractivity (Wildman–Crippen MR) is 116 cm³/mol. The Morgan fingerprint density at radius 2 is 1.97 bits per heavy atom. The zero-order chi connectivity index (χ0) is 22.9. The van der Waals surface area contributed by atoms with Gasteiger partial charge in [0.25, 0.3) is 5.91 Å². The Labute approximate surface area is 186 Å². The van der Waals surface area contributed by atoms with Crippen molar-refractivity contribution in [2.45, 2.75) is 37.4 Å². The first-order chi connectivity index (χ1) is 15.3. The molecule has 2 aromatic rings. The first kappa shape index (κ1) is 21.9. The topological polar surface area (TPSA) is 108 Å². The number of fused-ring (bicyclic) bond motifs is 3. The largest absolute Gasteiger partial charge is 0.381 e. The highest BCUT2D eigenvalue weighted by Gasteiger charge is 2.37. The Balaban J connectivity index is 1.59. The van der Waals surface area contributed by atoms with E-state index in [-0.39, 0.29) is 24.1 Å². The number of amides is 2. The normalized spacial score (nSPS) is 18.1. The fourth-order valence-corrected chi connectivity index (χ4v) is 4.25. The van der Waals surface area contributed by atoms with Gasteiger partial charge in [0.2, 0.25) is 5.91 Å². The minimum atomic E-state index is -1.04. The van der Waals surface area contributed by atoms with Crippen molar-refractivity contribution in [1.82, 2.24) is 10.2 Å². The highest BCUT2D eigenvalue weighted by Crippen LogP contribution is 2.33. The zero-order valence-electron chi connectivity index (χ0n) is 17.9. The second-order valence-corrected chi connectivity index (χ2v) is 8.47. The number of hydrogen-bond donors (Lipinski definition) is 2. The van der Waals surface area contributed by atoms with Crippen molar-refractivity contribution >= 4 is 11.8 Å². The van der Waals surface area contributed by atoms with Gasteiger partial charge in [-0.15, -0.1) is 0 Å². The van der Waals surface area contributed by atoms with Crippen molar-refractivity contribution in [2.75, 3.05) is 20.3 Å². The summed E-state index contributed by atoms with van der Waals surface area (Å²) in [6.45, 7) is 1.12. The molecule has 1 fully saturated rings. The SMILES string of the molecule is CN1Cc2cc(F)ccc2-c2ccc(C[C@H](C#N)NC(=O)C3(N)CCOCC3)cc2C1=O. The van der Waals surface area contributed by atoms with Gasteiger partial charge in [0.15, 0.2) is 0 Å². The molecule has 2 aromatic carbocycles. The molecule has 1 atom stereocenters. The average molecular weight is 436 g/mol. The van der Waals surface area contributed by atoms with E-state index in [0.717, 1.165) is 22.3 Å². The molecule has 0 saturated carbocycles. The summed E-state index contributed by atoms with van der Waals surface area (Å²) in [5.41, 5.74) is 8.66. The molecule has 1 saturated heterocycles. The molecule has 2 amide bonds. The van der Waals surface area contributed by atoms with Crippen LogP contribution in [0.5, 0.6) is 0 Å². The third-order valence-electron chi connectivity index (χ3n) is 6.16. The summed E-state index contributed by atoms with van der Waals surface area (Å²) in [6, 6.07) is 11.2. The monoisotopic (exact) mass is 436 g/mol. The van der Waals surface area contributed by atoms with E-state index in [1.165, 1.54) is 12.1 Å². The minimum absolute atomic E-state index is 0.181. The number of benzene rings is 2. The van der Waals surface area contributed by atoms with Gasteiger partial charge in [-0.25, -0.2) is 4.39 Å². The van der Waals surface area contributed by atoms with E-state index in [9.17, 15) is 19.2 Å². The van der Waals surface area contributed by atoms with Gasteiger partial charge >= 0.3 is 0 Å². The lowest BCUT2D eigenvalue weighted by molar-refractivity contribution is -0.130. The van der Waals surface area contributed by atoms with Crippen LogP contribution in [0.2, 0.25) is 0 Å². The van der Waals surface area contributed by atoms with Gasteiger partial charge in [0.1, 0.15) is 11.9 Å². The van der Waals surface area contributed by atoms with Gasteiger partial charge < -0.3 is 20.7 Å². The summed E-state index contributed by atoms with van der Waals surface area (Å²) in [6.07, 6.45) is 1.03. The number of rotatable bonds is 4. The number of nitrogens with zero attached hydrogens (tertiary/aromatic N) is 2. The molecule has 4 rings (SSSR count). The van der Waals surface area contributed by atoms with Crippen LogP contribution >= 0.6 is 0 Å². The highest BCUT2D eigenvalue weighted by atomic mass is 19.1. The number of ether oxygens (including phenoxy) is 1. The van der Waals surface area contributed by atoms with Crippen LogP contribution in [0.4, 0.5) is 4.39 Å². The first-order valence-corrected chi connectivity index (χ1v) is 10.5. The minimum Gasteiger partial charge on any atom is -0.381 e. The molecular formula is C24H25FN4O3. The molecule has 0 spiro atoms. The summed E-state index contributed by atoms with van der Waals surface area (Å²) in [5, 5.41) is 12.4. The summed E-state index contributed by atoms with van der Waals surface area (Å²) < 4.78 is 19.0. The number of carbonyl (C=O) groups excluding carboxylic acids is 2. The molecule has 0 unspecified atom stereocenters. The molecule has 166 valence electrons. The van der Waals surface area contributed by atoms with Crippen LogP contribution in [-0.4, -0.2) is 48.6 Å². The Morgan fingerprint density at radius 1 is 1.25 bits per heavy atom. The molecule has 7 nitrogen and oxygen atoms in total. The third kappa shape index (κ3) is 4.22. The summed E-state index contributed by atoms with van der Waals surface area (Å²) >= 11 is 0. The maximum Gasteiger partial charge on any atom is 0.254 e. The third-order valence-corrected chi connectivity index (χ3v) is 6.16.